The fraction of sp³-hybridized carbons (Fsp3) is 0.208. The summed E-state index contributed by atoms with van der Waals surface area (Å²) in [7, 11) is 1.88. The first-order chi connectivity index (χ1) is 15.1. The molecule has 0 atom stereocenters. The number of hydrogen-bond acceptors (Lipinski definition) is 5. The molecule has 0 unspecified atom stereocenters. The van der Waals surface area contributed by atoms with E-state index in [0.29, 0.717) is 39.7 Å². The number of pyridine rings is 1. The van der Waals surface area contributed by atoms with Gasteiger partial charge in [-0.25, -0.2) is 4.98 Å². The molecule has 0 amide bonds. The van der Waals surface area contributed by atoms with Crippen LogP contribution in [-0.4, -0.2) is 28.4 Å². The fourth-order valence-electron chi connectivity index (χ4n) is 3.28. The van der Waals surface area contributed by atoms with Gasteiger partial charge in [0.1, 0.15) is 6.61 Å². The maximum absolute atomic E-state index is 13.4. The molecular formula is C24H23ClN4O2. The lowest BCUT2D eigenvalue weighted by Crippen LogP contribution is -2.30. The summed E-state index contributed by atoms with van der Waals surface area (Å²) in [6.45, 7) is 2.48. The minimum Gasteiger partial charge on any atom is -0.409 e. The molecule has 4 aromatic rings. The Morgan fingerprint density at radius 2 is 1.81 bits per heavy atom. The van der Waals surface area contributed by atoms with E-state index in [4.69, 9.17) is 16.4 Å². The van der Waals surface area contributed by atoms with Crippen LogP contribution in [0.1, 0.15) is 19.8 Å². The van der Waals surface area contributed by atoms with Gasteiger partial charge in [0, 0.05) is 34.9 Å². The van der Waals surface area contributed by atoms with E-state index in [1.807, 2.05) is 60.5 Å². The summed E-state index contributed by atoms with van der Waals surface area (Å²) in [4.78, 5) is 30.3. The Bertz CT molecular complexity index is 1260. The maximum atomic E-state index is 13.4. The van der Waals surface area contributed by atoms with Gasteiger partial charge in [-0.15, -0.1) is 4.73 Å². The molecule has 0 radical (unpaired) electrons. The standard InChI is InChI=1S/C24H23ClN4O2/c1-3-4-14-31-29-22-17(15-20(23(29)30)19-12-8-9-13-21(19)25)16-26-24(27-22)28(2)18-10-6-5-7-11-18/h5-13,15-16H,3-4,14H2,1-2H3. The van der Waals surface area contributed by atoms with E-state index in [-0.39, 0.29) is 5.56 Å². The Balaban J connectivity index is 1.88. The second kappa shape index (κ2) is 9.18. The maximum Gasteiger partial charge on any atom is 0.293 e. The van der Waals surface area contributed by atoms with Crippen LogP contribution in [0.5, 0.6) is 0 Å². The summed E-state index contributed by atoms with van der Waals surface area (Å²) in [6.07, 6.45) is 3.48. The number of halogens is 1. The van der Waals surface area contributed by atoms with E-state index in [1.165, 1.54) is 4.73 Å². The molecule has 0 N–H and O–H groups in total. The molecule has 0 fully saturated rings. The highest BCUT2D eigenvalue weighted by molar-refractivity contribution is 6.33. The van der Waals surface area contributed by atoms with E-state index < -0.39 is 0 Å². The van der Waals surface area contributed by atoms with Gasteiger partial charge in [-0.2, -0.15) is 4.98 Å². The third kappa shape index (κ3) is 4.25. The highest BCUT2D eigenvalue weighted by Gasteiger charge is 2.17. The Labute approximate surface area is 185 Å². The first kappa shape index (κ1) is 20.9. The Kier molecular flexibility index (Phi) is 6.18. The van der Waals surface area contributed by atoms with Gasteiger partial charge in [0.15, 0.2) is 5.65 Å². The van der Waals surface area contributed by atoms with Crippen molar-refractivity contribution < 1.29 is 4.84 Å². The molecule has 0 spiro atoms. The lowest BCUT2D eigenvalue weighted by molar-refractivity contribution is 0.108. The van der Waals surface area contributed by atoms with Crippen molar-refractivity contribution in [3.63, 3.8) is 0 Å². The van der Waals surface area contributed by atoms with Gasteiger partial charge in [0.2, 0.25) is 5.95 Å². The average Bonchev–Trinajstić information content (AvgIpc) is 2.80. The molecule has 0 aliphatic carbocycles. The molecule has 7 heteroatoms. The Hall–Kier alpha value is -3.38. The molecule has 4 rings (SSSR count). The molecule has 0 saturated carbocycles. The van der Waals surface area contributed by atoms with Crippen molar-refractivity contribution >= 4 is 34.3 Å². The molecule has 2 aromatic heterocycles. The Morgan fingerprint density at radius 1 is 1.06 bits per heavy atom. The largest absolute Gasteiger partial charge is 0.409 e. The zero-order valence-electron chi connectivity index (χ0n) is 17.5. The number of benzene rings is 2. The zero-order valence-corrected chi connectivity index (χ0v) is 18.2. The van der Waals surface area contributed by atoms with Crippen LogP contribution < -0.4 is 15.3 Å². The van der Waals surface area contributed by atoms with Crippen LogP contribution in [0.2, 0.25) is 5.02 Å². The van der Waals surface area contributed by atoms with Crippen molar-refractivity contribution in [1.82, 2.24) is 14.7 Å². The number of unbranched alkanes of at least 4 members (excludes halogenated alkanes) is 1. The van der Waals surface area contributed by atoms with Crippen molar-refractivity contribution in [1.29, 1.82) is 0 Å². The van der Waals surface area contributed by atoms with Crippen molar-refractivity contribution in [3.8, 4) is 11.1 Å². The van der Waals surface area contributed by atoms with Gasteiger partial charge in [-0.05, 0) is 30.7 Å². The molecule has 0 aliphatic rings. The lowest BCUT2D eigenvalue weighted by Gasteiger charge is -2.19. The first-order valence-electron chi connectivity index (χ1n) is 10.2. The number of rotatable bonds is 7. The summed E-state index contributed by atoms with van der Waals surface area (Å²) in [5, 5.41) is 1.19. The summed E-state index contributed by atoms with van der Waals surface area (Å²) in [5.41, 5.74) is 2.15. The monoisotopic (exact) mass is 434 g/mol. The van der Waals surface area contributed by atoms with Crippen molar-refractivity contribution in [3.05, 3.63) is 82.2 Å². The van der Waals surface area contributed by atoms with Gasteiger partial charge >= 0.3 is 0 Å². The van der Waals surface area contributed by atoms with Crippen molar-refractivity contribution in [2.24, 2.45) is 0 Å². The van der Waals surface area contributed by atoms with Gasteiger partial charge in [0.05, 0.1) is 5.56 Å². The molecule has 6 nitrogen and oxygen atoms in total. The van der Waals surface area contributed by atoms with Gasteiger partial charge in [0.25, 0.3) is 5.56 Å². The quantitative estimate of drug-likeness (QED) is 0.378. The minimum absolute atomic E-state index is 0.302. The molecule has 0 saturated heterocycles. The second-order valence-electron chi connectivity index (χ2n) is 7.17. The van der Waals surface area contributed by atoms with Crippen LogP contribution in [-0.2, 0) is 0 Å². The third-order valence-corrected chi connectivity index (χ3v) is 5.35. The van der Waals surface area contributed by atoms with Crippen molar-refractivity contribution in [2.75, 3.05) is 18.6 Å². The predicted molar refractivity (Wildman–Crippen MR) is 125 cm³/mol. The van der Waals surface area contributed by atoms with E-state index in [0.717, 1.165) is 18.5 Å². The van der Waals surface area contributed by atoms with Gasteiger partial charge in [-0.1, -0.05) is 61.3 Å². The van der Waals surface area contributed by atoms with Crippen LogP contribution in [0.15, 0.2) is 71.7 Å². The SMILES string of the molecule is CCCCOn1c(=O)c(-c2ccccc2Cl)cc2cnc(N(C)c3ccccc3)nc21. The second-order valence-corrected chi connectivity index (χ2v) is 7.57. The summed E-state index contributed by atoms with van der Waals surface area (Å²) >= 11 is 6.37. The molecule has 2 heterocycles. The number of para-hydroxylation sites is 1. The predicted octanol–water partition coefficient (Wildman–Crippen LogP) is 5.11. The van der Waals surface area contributed by atoms with Crippen LogP contribution >= 0.6 is 11.6 Å². The number of nitrogens with zero attached hydrogens (tertiary/aromatic N) is 4. The summed E-state index contributed by atoms with van der Waals surface area (Å²) in [6, 6.07) is 18.8. The molecule has 0 aliphatic heterocycles. The van der Waals surface area contributed by atoms with E-state index >= 15 is 0 Å². The normalized spacial score (nSPS) is 10.9. The summed E-state index contributed by atoms with van der Waals surface area (Å²) in [5.74, 6) is 0.469. The zero-order chi connectivity index (χ0) is 21.8. The number of hydrogen-bond donors (Lipinski definition) is 0. The van der Waals surface area contributed by atoms with Crippen LogP contribution in [0, 0.1) is 0 Å². The molecule has 158 valence electrons. The van der Waals surface area contributed by atoms with Crippen LogP contribution in [0.25, 0.3) is 22.2 Å². The smallest absolute Gasteiger partial charge is 0.293 e. The summed E-state index contributed by atoms with van der Waals surface area (Å²) < 4.78 is 1.27. The van der Waals surface area contributed by atoms with Gasteiger partial charge < -0.3 is 9.74 Å². The van der Waals surface area contributed by atoms with E-state index in [1.54, 1.807) is 18.3 Å². The first-order valence-corrected chi connectivity index (χ1v) is 10.6. The fourth-order valence-corrected chi connectivity index (χ4v) is 3.52. The molecule has 31 heavy (non-hydrogen) atoms. The van der Waals surface area contributed by atoms with E-state index in [9.17, 15) is 4.79 Å². The lowest BCUT2D eigenvalue weighted by atomic mass is 10.1. The molecular weight excluding hydrogens is 412 g/mol. The highest BCUT2D eigenvalue weighted by Crippen LogP contribution is 2.28. The number of aromatic nitrogens is 3. The Morgan fingerprint density at radius 3 is 2.55 bits per heavy atom. The molecule has 0 bridgehead atoms. The molecule has 2 aromatic carbocycles. The van der Waals surface area contributed by atoms with Crippen LogP contribution in [0.3, 0.4) is 0 Å². The van der Waals surface area contributed by atoms with Gasteiger partial charge in [-0.3, -0.25) is 4.79 Å². The van der Waals surface area contributed by atoms with E-state index in [2.05, 4.69) is 16.9 Å². The average molecular weight is 435 g/mol. The number of anilines is 2. The topological polar surface area (TPSA) is 60.3 Å². The third-order valence-electron chi connectivity index (χ3n) is 5.02. The number of fused-ring (bicyclic) bond motifs is 1. The van der Waals surface area contributed by atoms with Crippen molar-refractivity contribution in [2.45, 2.75) is 19.8 Å². The highest BCUT2D eigenvalue weighted by atomic mass is 35.5. The minimum atomic E-state index is -0.302. The van der Waals surface area contributed by atoms with Crippen LogP contribution in [0.4, 0.5) is 11.6 Å².